The highest BCUT2D eigenvalue weighted by atomic mass is 35.5. The number of rotatable bonds is 4. The van der Waals surface area contributed by atoms with Gasteiger partial charge in [0.25, 0.3) is 0 Å². The summed E-state index contributed by atoms with van der Waals surface area (Å²) in [5, 5.41) is 9.99. The first-order valence-electron chi connectivity index (χ1n) is 6.11. The predicted octanol–water partition coefficient (Wildman–Crippen LogP) is 3.13. The van der Waals surface area contributed by atoms with Crippen molar-refractivity contribution >= 4 is 12.4 Å². The lowest BCUT2D eigenvalue weighted by atomic mass is 9.96. The zero-order chi connectivity index (χ0) is 14.7. The molecule has 6 heteroatoms. The van der Waals surface area contributed by atoms with E-state index in [1.54, 1.807) is 24.3 Å². The van der Waals surface area contributed by atoms with Crippen molar-refractivity contribution in [2.75, 3.05) is 0 Å². The number of aliphatic hydroxyl groups is 1. The Morgan fingerprint density at radius 2 is 1.67 bits per heavy atom. The highest BCUT2D eigenvalue weighted by molar-refractivity contribution is 5.85. The Labute approximate surface area is 126 Å². The molecule has 0 aliphatic rings. The second kappa shape index (κ2) is 7.45. The Bertz CT molecular complexity index is 595. The van der Waals surface area contributed by atoms with E-state index in [9.17, 15) is 18.3 Å². The van der Waals surface area contributed by atoms with Crippen LogP contribution in [0.15, 0.2) is 42.5 Å². The molecule has 0 bridgehead atoms. The smallest absolute Gasteiger partial charge is 0.163 e. The van der Waals surface area contributed by atoms with Crippen LogP contribution in [0.3, 0.4) is 0 Å². The van der Waals surface area contributed by atoms with Gasteiger partial charge in [0.1, 0.15) is 5.82 Å². The fraction of sp³-hybridized carbons (Fsp3) is 0.200. The van der Waals surface area contributed by atoms with E-state index in [-0.39, 0.29) is 24.4 Å². The lowest BCUT2D eigenvalue weighted by Crippen LogP contribution is -2.29. The van der Waals surface area contributed by atoms with Gasteiger partial charge in [0.05, 0.1) is 12.1 Å². The fourth-order valence-corrected chi connectivity index (χ4v) is 2.01. The minimum atomic E-state index is -1.32. The molecule has 0 aliphatic heterocycles. The van der Waals surface area contributed by atoms with Gasteiger partial charge in [-0.25, -0.2) is 13.2 Å². The van der Waals surface area contributed by atoms with Crippen molar-refractivity contribution in [3.05, 3.63) is 71.0 Å². The molecule has 21 heavy (non-hydrogen) atoms. The van der Waals surface area contributed by atoms with Crippen LogP contribution >= 0.6 is 12.4 Å². The lowest BCUT2D eigenvalue weighted by Gasteiger charge is -2.20. The van der Waals surface area contributed by atoms with Crippen LogP contribution in [-0.4, -0.2) is 11.2 Å². The van der Waals surface area contributed by atoms with E-state index in [0.29, 0.717) is 6.07 Å². The molecule has 0 aromatic heterocycles. The van der Waals surface area contributed by atoms with Gasteiger partial charge in [-0.15, -0.1) is 12.4 Å². The molecule has 0 heterocycles. The van der Waals surface area contributed by atoms with Crippen LogP contribution in [0.5, 0.6) is 0 Å². The van der Waals surface area contributed by atoms with Gasteiger partial charge < -0.3 is 10.8 Å². The highest BCUT2D eigenvalue weighted by Gasteiger charge is 2.23. The van der Waals surface area contributed by atoms with Crippen LogP contribution in [0.1, 0.15) is 17.2 Å². The van der Waals surface area contributed by atoms with E-state index in [1.165, 1.54) is 0 Å². The minimum absolute atomic E-state index is 0. The second-order valence-electron chi connectivity index (χ2n) is 4.57. The molecule has 0 aliphatic carbocycles. The van der Waals surface area contributed by atoms with Gasteiger partial charge in [0.2, 0.25) is 0 Å². The Kier molecular flexibility index (Phi) is 6.20. The number of hydrogen-bond acceptors (Lipinski definition) is 2. The Morgan fingerprint density at radius 3 is 2.29 bits per heavy atom. The van der Waals surface area contributed by atoms with Crippen molar-refractivity contribution in [3.63, 3.8) is 0 Å². The zero-order valence-electron chi connectivity index (χ0n) is 11.0. The molecule has 3 N–H and O–H groups in total. The monoisotopic (exact) mass is 317 g/mol. The molecular formula is C15H15ClF3NO. The molecule has 0 saturated heterocycles. The summed E-state index contributed by atoms with van der Waals surface area (Å²) in [5.41, 5.74) is 6.13. The summed E-state index contributed by atoms with van der Waals surface area (Å²) >= 11 is 0. The molecule has 2 aromatic rings. The van der Waals surface area contributed by atoms with Crippen molar-refractivity contribution in [2.45, 2.75) is 18.6 Å². The first kappa shape index (κ1) is 17.5. The van der Waals surface area contributed by atoms with E-state index in [0.717, 1.165) is 11.6 Å². The third-order valence-electron chi connectivity index (χ3n) is 3.08. The van der Waals surface area contributed by atoms with Crippen LogP contribution < -0.4 is 5.73 Å². The van der Waals surface area contributed by atoms with Gasteiger partial charge in [-0.05, 0) is 11.6 Å². The first-order chi connectivity index (χ1) is 9.49. The van der Waals surface area contributed by atoms with Crippen molar-refractivity contribution in [1.29, 1.82) is 0 Å². The van der Waals surface area contributed by atoms with E-state index in [2.05, 4.69) is 0 Å². The Hall–Kier alpha value is -1.56. The molecule has 2 rings (SSSR count). The Balaban J connectivity index is 0.00000220. The molecule has 0 fully saturated rings. The van der Waals surface area contributed by atoms with Gasteiger partial charge >= 0.3 is 0 Å². The fourth-order valence-electron chi connectivity index (χ4n) is 2.01. The topological polar surface area (TPSA) is 46.2 Å². The summed E-state index contributed by atoms with van der Waals surface area (Å²) in [5.74, 6) is -3.48. The summed E-state index contributed by atoms with van der Waals surface area (Å²) in [7, 11) is 0. The van der Waals surface area contributed by atoms with Gasteiger partial charge in [0, 0.05) is 18.1 Å². The molecule has 0 radical (unpaired) electrons. The zero-order valence-corrected chi connectivity index (χ0v) is 11.8. The molecule has 0 saturated carbocycles. The van der Waals surface area contributed by atoms with Gasteiger partial charge in [0.15, 0.2) is 11.6 Å². The van der Waals surface area contributed by atoms with Gasteiger partial charge in [-0.2, -0.15) is 0 Å². The third-order valence-corrected chi connectivity index (χ3v) is 3.08. The van der Waals surface area contributed by atoms with E-state index in [4.69, 9.17) is 5.73 Å². The summed E-state index contributed by atoms with van der Waals surface area (Å²) in [6, 6.07) is 8.98. The maximum Gasteiger partial charge on any atom is 0.163 e. The average Bonchev–Trinajstić information content (AvgIpc) is 2.43. The Morgan fingerprint density at radius 1 is 1.05 bits per heavy atom. The van der Waals surface area contributed by atoms with Crippen LogP contribution in [0.25, 0.3) is 0 Å². The number of nitrogens with two attached hydrogens (primary N) is 1. The molecule has 2 aromatic carbocycles. The van der Waals surface area contributed by atoms with Crippen LogP contribution in [0.4, 0.5) is 13.2 Å². The maximum atomic E-state index is 13.6. The number of aliphatic hydroxyl groups excluding tert-OH is 1. The SMILES string of the molecule is Cl.N[C@@H](c1cc(F)cc(F)c1F)[C@H](O)Cc1ccccc1. The lowest BCUT2D eigenvalue weighted by molar-refractivity contribution is 0.143. The molecule has 2 atom stereocenters. The maximum absolute atomic E-state index is 13.6. The van der Waals surface area contributed by atoms with Gasteiger partial charge in [-0.1, -0.05) is 30.3 Å². The van der Waals surface area contributed by atoms with Crippen molar-refractivity contribution < 1.29 is 18.3 Å². The summed E-state index contributed by atoms with van der Waals surface area (Å²) in [4.78, 5) is 0. The van der Waals surface area contributed by atoms with E-state index in [1.807, 2.05) is 6.07 Å². The number of benzene rings is 2. The first-order valence-corrected chi connectivity index (χ1v) is 6.11. The number of halogens is 4. The second-order valence-corrected chi connectivity index (χ2v) is 4.57. The largest absolute Gasteiger partial charge is 0.391 e. The normalized spacial score (nSPS) is 13.4. The van der Waals surface area contributed by atoms with Crippen molar-refractivity contribution in [1.82, 2.24) is 0 Å². The van der Waals surface area contributed by atoms with Crippen molar-refractivity contribution in [3.8, 4) is 0 Å². The molecule has 0 unspecified atom stereocenters. The summed E-state index contributed by atoms with van der Waals surface area (Å²) < 4.78 is 39.9. The molecule has 2 nitrogen and oxygen atoms in total. The highest BCUT2D eigenvalue weighted by Crippen LogP contribution is 2.23. The number of hydrogen-bond donors (Lipinski definition) is 2. The quantitative estimate of drug-likeness (QED) is 0.851. The molecular weight excluding hydrogens is 303 g/mol. The molecule has 0 amide bonds. The van der Waals surface area contributed by atoms with Crippen molar-refractivity contribution in [2.24, 2.45) is 5.73 Å². The average molecular weight is 318 g/mol. The summed E-state index contributed by atoms with van der Waals surface area (Å²) in [6.45, 7) is 0. The van der Waals surface area contributed by atoms with Crippen LogP contribution in [-0.2, 0) is 6.42 Å². The standard InChI is InChI=1S/C15H14F3NO.ClH/c16-10-7-11(14(18)12(17)8-10)15(19)13(20)6-9-4-2-1-3-5-9;/h1-5,7-8,13,15,20H,6,19H2;1H/t13-,15+;/m1./s1. The minimum Gasteiger partial charge on any atom is -0.391 e. The van der Waals surface area contributed by atoms with E-state index >= 15 is 0 Å². The molecule has 114 valence electrons. The molecule has 0 spiro atoms. The predicted molar refractivity (Wildman–Crippen MR) is 76.6 cm³/mol. The van der Waals surface area contributed by atoms with E-state index < -0.39 is 29.6 Å². The third kappa shape index (κ3) is 4.20. The van der Waals surface area contributed by atoms with Gasteiger partial charge in [-0.3, -0.25) is 0 Å². The summed E-state index contributed by atoms with van der Waals surface area (Å²) in [6.07, 6.45) is -0.979. The van der Waals surface area contributed by atoms with Crippen LogP contribution in [0, 0.1) is 17.5 Å². The van der Waals surface area contributed by atoms with Crippen LogP contribution in [0.2, 0.25) is 0 Å².